The predicted octanol–water partition coefficient (Wildman–Crippen LogP) is 2.89. The molecule has 0 radical (unpaired) electrons. The van der Waals surface area contributed by atoms with Crippen molar-refractivity contribution in [3.63, 3.8) is 0 Å². The van der Waals surface area contributed by atoms with E-state index in [1.807, 2.05) is 23.1 Å². The van der Waals surface area contributed by atoms with E-state index in [9.17, 15) is 9.59 Å². The van der Waals surface area contributed by atoms with Gasteiger partial charge in [-0.25, -0.2) is 0 Å². The van der Waals surface area contributed by atoms with E-state index in [0.29, 0.717) is 19.5 Å². The Morgan fingerprint density at radius 3 is 2.48 bits per heavy atom. The summed E-state index contributed by atoms with van der Waals surface area (Å²) in [5.41, 5.74) is 3.87. The lowest BCUT2D eigenvalue weighted by atomic mass is 10.00. The van der Waals surface area contributed by atoms with Crippen molar-refractivity contribution in [3.8, 4) is 0 Å². The van der Waals surface area contributed by atoms with Crippen LogP contribution in [-0.4, -0.2) is 60.9 Å². The third-order valence-corrected chi connectivity index (χ3v) is 6.69. The number of hydrogen-bond acceptors (Lipinski definition) is 4. The highest BCUT2D eigenvalue weighted by molar-refractivity contribution is 5.78. The minimum Gasteiger partial charge on any atom is -0.356 e. The second-order valence-corrected chi connectivity index (χ2v) is 9.14. The molecule has 6 heteroatoms. The second kappa shape index (κ2) is 12.0. The average molecular weight is 449 g/mol. The van der Waals surface area contributed by atoms with E-state index >= 15 is 0 Å². The molecule has 2 aromatic carbocycles. The molecule has 1 fully saturated rings. The van der Waals surface area contributed by atoms with Crippen LogP contribution in [0.1, 0.15) is 48.4 Å². The van der Waals surface area contributed by atoms with E-state index in [0.717, 1.165) is 64.0 Å². The summed E-state index contributed by atoms with van der Waals surface area (Å²) < 4.78 is 0. The highest BCUT2D eigenvalue weighted by Crippen LogP contribution is 2.19. The molecule has 1 saturated heterocycles. The SMILES string of the molecule is O=C1CC(c2ccccc2)NCCCN(C(=O)CN2CCc3ccccc3C2)CCCCN1. The number of fused-ring (bicyclic) bond motifs is 1. The lowest BCUT2D eigenvalue weighted by molar-refractivity contribution is -0.132. The molecule has 0 saturated carbocycles. The van der Waals surface area contributed by atoms with Crippen LogP contribution < -0.4 is 10.6 Å². The summed E-state index contributed by atoms with van der Waals surface area (Å²) in [7, 11) is 0. The van der Waals surface area contributed by atoms with Gasteiger partial charge in [-0.05, 0) is 48.9 Å². The second-order valence-electron chi connectivity index (χ2n) is 9.14. The van der Waals surface area contributed by atoms with E-state index in [-0.39, 0.29) is 17.9 Å². The molecule has 0 aliphatic carbocycles. The van der Waals surface area contributed by atoms with Gasteiger partial charge in [-0.2, -0.15) is 0 Å². The fourth-order valence-corrected chi connectivity index (χ4v) is 4.79. The van der Waals surface area contributed by atoms with Gasteiger partial charge in [0.2, 0.25) is 11.8 Å². The van der Waals surface area contributed by atoms with Crippen molar-refractivity contribution in [2.24, 2.45) is 0 Å². The molecule has 176 valence electrons. The van der Waals surface area contributed by atoms with Crippen LogP contribution in [-0.2, 0) is 22.6 Å². The molecule has 0 aromatic heterocycles. The molecular formula is C27H36N4O2. The van der Waals surface area contributed by atoms with Gasteiger partial charge in [0.15, 0.2) is 0 Å². The highest BCUT2D eigenvalue weighted by atomic mass is 16.2. The summed E-state index contributed by atoms with van der Waals surface area (Å²) in [6.07, 6.45) is 4.11. The molecule has 6 nitrogen and oxygen atoms in total. The standard InChI is InChI=1S/C27H36N4O2/c32-26-19-25(23-10-2-1-3-11-23)28-15-8-17-31(16-7-6-14-29-26)27(33)21-30-18-13-22-9-4-5-12-24(22)20-30/h1-5,9-12,25,28H,6-8,13-21H2,(H,29,32). The van der Waals surface area contributed by atoms with Crippen molar-refractivity contribution in [2.75, 3.05) is 39.3 Å². The van der Waals surface area contributed by atoms with E-state index < -0.39 is 0 Å². The summed E-state index contributed by atoms with van der Waals surface area (Å²) in [5.74, 6) is 0.293. The molecular weight excluding hydrogens is 412 g/mol. The number of nitrogens with zero attached hydrogens (tertiary/aromatic N) is 2. The summed E-state index contributed by atoms with van der Waals surface area (Å²) in [4.78, 5) is 29.9. The maximum atomic E-state index is 13.2. The van der Waals surface area contributed by atoms with Gasteiger partial charge in [-0.3, -0.25) is 14.5 Å². The van der Waals surface area contributed by atoms with E-state index in [1.165, 1.54) is 11.1 Å². The topological polar surface area (TPSA) is 64.7 Å². The Morgan fingerprint density at radius 1 is 0.879 bits per heavy atom. The molecule has 2 N–H and O–H groups in total. The fourth-order valence-electron chi connectivity index (χ4n) is 4.79. The fraction of sp³-hybridized carbons (Fsp3) is 0.481. The van der Waals surface area contributed by atoms with Crippen LogP contribution in [0.2, 0.25) is 0 Å². The van der Waals surface area contributed by atoms with Gasteiger partial charge >= 0.3 is 0 Å². The number of nitrogens with one attached hydrogen (secondary N) is 2. The summed E-state index contributed by atoms with van der Waals surface area (Å²) in [6, 6.07) is 18.7. The number of carbonyl (C=O) groups is 2. The minimum atomic E-state index is -0.00970. The molecule has 0 bridgehead atoms. The third kappa shape index (κ3) is 6.89. The Kier molecular flexibility index (Phi) is 8.50. The van der Waals surface area contributed by atoms with Gasteiger partial charge in [0.05, 0.1) is 6.54 Å². The molecule has 33 heavy (non-hydrogen) atoms. The maximum Gasteiger partial charge on any atom is 0.236 e. The van der Waals surface area contributed by atoms with Crippen molar-refractivity contribution in [1.82, 2.24) is 20.4 Å². The molecule has 2 amide bonds. The van der Waals surface area contributed by atoms with Crippen LogP contribution in [0, 0.1) is 0 Å². The first-order chi connectivity index (χ1) is 16.2. The number of rotatable bonds is 3. The number of carbonyl (C=O) groups excluding carboxylic acids is 2. The Morgan fingerprint density at radius 2 is 1.64 bits per heavy atom. The summed E-state index contributed by atoms with van der Waals surface area (Å²) in [5, 5.41) is 6.60. The molecule has 2 aliphatic rings. The van der Waals surface area contributed by atoms with Crippen molar-refractivity contribution >= 4 is 11.8 Å². The predicted molar refractivity (Wildman–Crippen MR) is 131 cm³/mol. The monoisotopic (exact) mass is 448 g/mol. The van der Waals surface area contributed by atoms with Gasteiger partial charge in [-0.1, -0.05) is 54.6 Å². The number of benzene rings is 2. The lowest BCUT2D eigenvalue weighted by Crippen LogP contribution is -2.43. The Bertz CT molecular complexity index is 917. The van der Waals surface area contributed by atoms with E-state index in [1.54, 1.807) is 0 Å². The van der Waals surface area contributed by atoms with Gasteiger partial charge in [0, 0.05) is 45.2 Å². The number of hydrogen-bond donors (Lipinski definition) is 2. The summed E-state index contributed by atoms with van der Waals surface area (Å²) in [6.45, 7) is 5.19. The first-order valence-electron chi connectivity index (χ1n) is 12.3. The molecule has 1 atom stereocenters. The van der Waals surface area contributed by atoms with Gasteiger partial charge in [0.25, 0.3) is 0 Å². The van der Waals surface area contributed by atoms with Crippen LogP contribution in [0.3, 0.4) is 0 Å². The first-order valence-corrected chi connectivity index (χ1v) is 12.3. The molecule has 0 spiro atoms. The Hall–Kier alpha value is -2.70. The van der Waals surface area contributed by atoms with E-state index in [2.05, 4.69) is 51.9 Å². The van der Waals surface area contributed by atoms with Crippen LogP contribution in [0.4, 0.5) is 0 Å². The van der Waals surface area contributed by atoms with Gasteiger partial charge in [-0.15, -0.1) is 0 Å². The quantitative estimate of drug-likeness (QED) is 0.758. The molecule has 2 aliphatic heterocycles. The van der Waals surface area contributed by atoms with Crippen LogP contribution in [0.5, 0.6) is 0 Å². The zero-order chi connectivity index (χ0) is 22.9. The van der Waals surface area contributed by atoms with Crippen molar-refractivity contribution in [1.29, 1.82) is 0 Å². The zero-order valence-corrected chi connectivity index (χ0v) is 19.5. The smallest absolute Gasteiger partial charge is 0.236 e. The van der Waals surface area contributed by atoms with Crippen molar-refractivity contribution in [2.45, 2.75) is 44.7 Å². The molecule has 2 heterocycles. The highest BCUT2D eigenvalue weighted by Gasteiger charge is 2.22. The van der Waals surface area contributed by atoms with Crippen LogP contribution in [0.25, 0.3) is 0 Å². The normalized spacial score (nSPS) is 21.2. The lowest BCUT2D eigenvalue weighted by Gasteiger charge is -2.31. The largest absolute Gasteiger partial charge is 0.356 e. The van der Waals surface area contributed by atoms with Crippen molar-refractivity contribution in [3.05, 3.63) is 71.3 Å². The Labute approximate surface area is 197 Å². The minimum absolute atomic E-state index is 0.00970. The maximum absolute atomic E-state index is 13.2. The van der Waals surface area contributed by atoms with E-state index in [4.69, 9.17) is 0 Å². The molecule has 4 rings (SSSR count). The molecule has 1 unspecified atom stereocenters. The Balaban J connectivity index is 1.34. The van der Waals surface area contributed by atoms with Crippen molar-refractivity contribution < 1.29 is 9.59 Å². The molecule has 2 aromatic rings. The van der Waals surface area contributed by atoms with Crippen LogP contribution >= 0.6 is 0 Å². The van der Waals surface area contributed by atoms with Gasteiger partial charge < -0.3 is 15.5 Å². The first kappa shape index (κ1) is 23.5. The van der Waals surface area contributed by atoms with Crippen LogP contribution in [0.15, 0.2) is 54.6 Å². The van der Waals surface area contributed by atoms with Gasteiger partial charge in [0.1, 0.15) is 0 Å². The summed E-state index contributed by atoms with van der Waals surface area (Å²) >= 11 is 0. The average Bonchev–Trinajstić information content (AvgIpc) is 2.86. The number of amides is 2. The zero-order valence-electron chi connectivity index (χ0n) is 19.5. The third-order valence-electron chi connectivity index (χ3n) is 6.69.